The van der Waals surface area contributed by atoms with E-state index >= 15 is 0 Å². The Bertz CT molecular complexity index is 703. The van der Waals surface area contributed by atoms with Crippen LogP contribution >= 0.6 is 24.0 Å². The van der Waals surface area contributed by atoms with Crippen LogP contribution in [0.1, 0.15) is 19.2 Å². The van der Waals surface area contributed by atoms with Gasteiger partial charge < -0.3 is 24.7 Å². The molecule has 3 rings (SSSR count). The molecule has 28 heavy (non-hydrogen) atoms. The number of H-pyrrole nitrogens is 1. The highest BCUT2D eigenvalue weighted by atomic mass is 127. The van der Waals surface area contributed by atoms with E-state index in [2.05, 4.69) is 33.2 Å². The molecule has 1 fully saturated rings. The molecule has 1 aromatic heterocycles. The fourth-order valence-electron chi connectivity index (χ4n) is 3.37. The van der Waals surface area contributed by atoms with E-state index in [1.165, 1.54) is 0 Å². The number of nitrogens with one attached hydrogen (secondary N) is 2. The molecule has 2 aromatic rings. The van der Waals surface area contributed by atoms with Crippen LogP contribution < -0.4 is 5.32 Å². The van der Waals surface area contributed by atoms with Crippen LogP contribution in [0, 0.1) is 5.92 Å². The van der Waals surface area contributed by atoms with E-state index in [1.54, 1.807) is 7.11 Å². The van der Waals surface area contributed by atoms with E-state index in [-0.39, 0.29) is 24.0 Å². The predicted molar refractivity (Wildman–Crippen MR) is 124 cm³/mol. The molecule has 1 unspecified atom stereocenters. The van der Waals surface area contributed by atoms with E-state index in [0.717, 1.165) is 61.9 Å². The van der Waals surface area contributed by atoms with Gasteiger partial charge in [-0.3, -0.25) is 4.99 Å². The van der Waals surface area contributed by atoms with Crippen LogP contribution in [0.25, 0.3) is 11.0 Å². The summed E-state index contributed by atoms with van der Waals surface area (Å²) in [7, 11) is 1.70. The number of hydrogen-bond acceptors (Lipinski definition) is 4. The number of aromatic amines is 1. The quantitative estimate of drug-likeness (QED) is 0.239. The summed E-state index contributed by atoms with van der Waals surface area (Å²) in [4.78, 5) is 15.2. The van der Waals surface area contributed by atoms with Crippen molar-refractivity contribution < 1.29 is 9.47 Å². The van der Waals surface area contributed by atoms with Gasteiger partial charge >= 0.3 is 0 Å². The van der Waals surface area contributed by atoms with Crippen LogP contribution in [-0.2, 0) is 15.9 Å². The average Bonchev–Trinajstić information content (AvgIpc) is 3.31. The summed E-state index contributed by atoms with van der Waals surface area (Å²) >= 11 is 0. The van der Waals surface area contributed by atoms with E-state index < -0.39 is 0 Å². The van der Waals surface area contributed by atoms with Crippen molar-refractivity contribution in [1.82, 2.24) is 20.2 Å². The molecular formula is C20H32IN5O2. The first-order valence-corrected chi connectivity index (χ1v) is 9.83. The van der Waals surface area contributed by atoms with Crippen LogP contribution in [0.5, 0.6) is 0 Å². The molecule has 1 aliphatic rings. The van der Waals surface area contributed by atoms with Gasteiger partial charge in [0.25, 0.3) is 0 Å². The van der Waals surface area contributed by atoms with Crippen LogP contribution in [0.2, 0.25) is 0 Å². The van der Waals surface area contributed by atoms with Gasteiger partial charge in [0.05, 0.1) is 30.9 Å². The van der Waals surface area contributed by atoms with Gasteiger partial charge in [-0.15, -0.1) is 24.0 Å². The fraction of sp³-hybridized carbons (Fsp3) is 0.600. The number of rotatable bonds is 9. The number of ether oxygens (including phenoxy) is 2. The van der Waals surface area contributed by atoms with Gasteiger partial charge in [0.2, 0.25) is 0 Å². The molecule has 1 saturated heterocycles. The van der Waals surface area contributed by atoms with E-state index in [1.807, 2.05) is 18.2 Å². The van der Waals surface area contributed by atoms with Crippen molar-refractivity contribution in [2.75, 3.05) is 53.1 Å². The summed E-state index contributed by atoms with van der Waals surface area (Å²) < 4.78 is 10.7. The Morgan fingerprint density at radius 1 is 1.36 bits per heavy atom. The number of halogens is 1. The van der Waals surface area contributed by atoms with E-state index in [9.17, 15) is 0 Å². The van der Waals surface area contributed by atoms with Gasteiger partial charge in [-0.05, 0) is 25.5 Å². The molecule has 2 heterocycles. The SMILES string of the molecule is CCNC(=NCCc1nc2ccccc2[nH]1)N1CCC(COCCOC)C1.I. The summed E-state index contributed by atoms with van der Waals surface area (Å²) in [6.07, 6.45) is 1.95. The standard InChI is InChI=1S/C20H31N5O2.HI/c1-3-21-20(25-11-9-16(14-25)15-27-13-12-26-2)22-10-8-19-23-17-6-4-5-7-18(17)24-19;/h4-7,16H,3,8-15H2,1-2H3,(H,21,22)(H,23,24);1H. The zero-order chi connectivity index (χ0) is 18.9. The first-order chi connectivity index (χ1) is 13.3. The van der Waals surface area contributed by atoms with Gasteiger partial charge in [-0.2, -0.15) is 0 Å². The number of hydrogen-bond donors (Lipinski definition) is 2. The topological polar surface area (TPSA) is 74.8 Å². The van der Waals surface area contributed by atoms with Crippen molar-refractivity contribution in [2.45, 2.75) is 19.8 Å². The predicted octanol–water partition coefficient (Wildman–Crippen LogP) is 2.67. The Morgan fingerprint density at radius 3 is 3.00 bits per heavy atom. The Kier molecular flexibility index (Phi) is 10.0. The van der Waals surface area contributed by atoms with Crippen molar-refractivity contribution in [2.24, 2.45) is 10.9 Å². The van der Waals surface area contributed by atoms with Crippen molar-refractivity contribution >= 4 is 41.0 Å². The summed E-state index contributed by atoms with van der Waals surface area (Å²) in [6, 6.07) is 8.12. The van der Waals surface area contributed by atoms with Crippen molar-refractivity contribution in [3.8, 4) is 0 Å². The number of guanidine groups is 1. The van der Waals surface area contributed by atoms with E-state index in [0.29, 0.717) is 25.7 Å². The number of benzene rings is 1. The second-order valence-electron chi connectivity index (χ2n) is 6.85. The number of aromatic nitrogens is 2. The van der Waals surface area contributed by atoms with Crippen LogP contribution in [0.15, 0.2) is 29.3 Å². The van der Waals surface area contributed by atoms with Crippen molar-refractivity contribution in [3.05, 3.63) is 30.1 Å². The van der Waals surface area contributed by atoms with Crippen LogP contribution in [0.4, 0.5) is 0 Å². The highest BCUT2D eigenvalue weighted by Crippen LogP contribution is 2.17. The molecule has 0 saturated carbocycles. The number of fused-ring (bicyclic) bond motifs is 1. The number of methoxy groups -OCH3 is 1. The van der Waals surface area contributed by atoms with Crippen LogP contribution in [0.3, 0.4) is 0 Å². The number of aliphatic imine (C=N–C) groups is 1. The number of imidazole rings is 1. The van der Waals surface area contributed by atoms with Crippen molar-refractivity contribution in [1.29, 1.82) is 0 Å². The largest absolute Gasteiger partial charge is 0.382 e. The normalized spacial score (nSPS) is 17.1. The zero-order valence-corrected chi connectivity index (χ0v) is 19.1. The smallest absolute Gasteiger partial charge is 0.193 e. The maximum atomic E-state index is 5.69. The Balaban J connectivity index is 0.00000280. The second-order valence-corrected chi connectivity index (χ2v) is 6.85. The molecule has 0 amide bonds. The Hall–Kier alpha value is -1.39. The van der Waals surface area contributed by atoms with Gasteiger partial charge in [-0.25, -0.2) is 4.98 Å². The molecule has 0 aliphatic carbocycles. The Labute approximate surface area is 184 Å². The molecule has 7 nitrogen and oxygen atoms in total. The molecule has 1 aliphatic heterocycles. The summed E-state index contributed by atoms with van der Waals surface area (Å²) in [6.45, 7) is 7.82. The zero-order valence-electron chi connectivity index (χ0n) is 16.8. The summed E-state index contributed by atoms with van der Waals surface area (Å²) in [5, 5.41) is 3.42. The third-order valence-electron chi connectivity index (χ3n) is 4.75. The third-order valence-corrected chi connectivity index (χ3v) is 4.75. The molecular weight excluding hydrogens is 469 g/mol. The lowest BCUT2D eigenvalue weighted by Crippen LogP contribution is -2.40. The number of nitrogens with zero attached hydrogens (tertiary/aromatic N) is 3. The Morgan fingerprint density at radius 2 is 2.21 bits per heavy atom. The lowest BCUT2D eigenvalue weighted by molar-refractivity contribution is 0.0536. The molecule has 1 atom stereocenters. The second kappa shape index (κ2) is 12.2. The summed E-state index contributed by atoms with van der Waals surface area (Å²) in [5.74, 6) is 2.54. The molecule has 2 N–H and O–H groups in total. The third kappa shape index (κ3) is 6.59. The molecule has 156 valence electrons. The van der Waals surface area contributed by atoms with Gasteiger partial charge in [0.15, 0.2) is 5.96 Å². The highest BCUT2D eigenvalue weighted by Gasteiger charge is 2.24. The molecule has 1 aromatic carbocycles. The molecule has 0 radical (unpaired) electrons. The van der Waals surface area contributed by atoms with Gasteiger partial charge in [0, 0.05) is 45.6 Å². The average molecular weight is 501 g/mol. The van der Waals surface area contributed by atoms with Gasteiger partial charge in [0.1, 0.15) is 5.82 Å². The first kappa shape index (κ1) is 22.9. The van der Waals surface area contributed by atoms with Gasteiger partial charge in [-0.1, -0.05) is 12.1 Å². The fourth-order valence-corrected chi connectivity index (χ4v) is 3.37. The van der Waals surface area contributed by atoms with E-state index in [4.69, 9.17) is 14.5 Å². The number of likely N-dealkylation sites (tertiary alicyclic amines) is 1. The minimum Gasteiger partial charge on any atom is -0.382 e. The molecule has 0 bridgehead atoms. The minimum atomic E-state index is 0. The monoisotopic (exact) mass is 501 g/mol. The molecule has 0 spiro atoms. The maximum absolute atomic E-state index is 5.69. The lowest BCUT2D eigenvalue weighted by atomic mass is 10.1. The number of para-hydroxylation sites is 2. The first-order valence-electron chi connectivity index (χ1n) is 9.83. The van der Waals surface area contributed by atoms with Crippen molar-refractivity contribution in [3.63, 3.8) is 0 Å². The maximum Gasteiger partial charge on any atom is 0.193 e. The molecule has 8 heteroatoms. The highest BCUT2D eigenvalue weighted by molar-refractivity contribution is 14.0. The van der Waals surface area contributed by atoms with Crippen LogP contribution in [-0.4, -0.2) is 73.9 Å². The summed E-state index contributed by atoms with van der Waals surface area (Å²) in [5.41, 5.74) is 2.10. The lowest BCUT2D eigenvalue weighted by Gasteiger charge is -2.21. The minimum absolute atomic E-state index is 0.